The van der Waals surface area contributed by atoms with Crippen LogP contribution in [-0.2, 0) is 4.79 Å². The molecular formula is C12H11NO2. The van der Waals surface area contributed by atoms with Crippen LogP contribution in [0.4, 0.5) is 5.69 Å². The number of amides is 1. The molecule has 1 spiro atoms. The summed E-state index contributed by atoms with van der Waals surface area (Å²) in [5.41, 5.74) is 0.741. The molecule has 0 atom stereocenters. The van der Waals surface area contributed by atoms with Crippen LogP contribution in [0.25, 0.3) is 0 Å². The number of hydrogen-bond donors (Lipinski definition) is 0. The number of ketones is 1. The number of benzene rings is 1. The van der Waals surface area contributed by atoms with E-state index in [1.54, 1.807) is 18.0 Å². The van der Waals surface area contributed by atoms with Crippen LogP contribution in [0.2, 0.25) is 0 Å². The van der Waals surface area contributed by atoms with Crippen molar-refractivity contribution in [2.45, 2.75) is 12.8 Å². The molecule has 3 nitrogen and oxygen atoms in total. The van der Waals surface area contributed by atoms with Gasteiger partial charge in [0.05, 0.1) is 5.69 Å². The first-order valence-corrected chi connectivity index (χ1v) is 5.09. The third-order valence-corrected chi connectivity index (χ3v) is 3.41. The minimum atomic E-state index is -0.691. The van der Waals surface area contributed by atoms with Gasteiger partial charge in [0.25, 0.3) is 0 Å². The average Bonchev–Trinajstić information content (AvgIpc) is 3.06. The summed E-state index contributed by atoms with van der Waals surface area (Å²) in [5.74, 6) is -0.0209. The van der Waals surface area contributed by atoms with E-state index >= 15 is 0 Å². The Bertz CT molecular complexity index is 474. The molecule has 0 saturated heterocycles. The molecule has 1 aromatic carbocycles. The quantitative estimate of drug-likeness (QED) is 0.598. The van der Waals surface area contributed by atoms with Crippen LogP contribution in [-0.4, -0.2) is 18.7 Å². The van der Waals surface area contributed by atoms with Crippen molar-refractivity contribution in [2.75, 3.05) is 11.9 Å². The molecule has 0 radical (unpaired) electrons. The Morgan fingerprint density at radius 2 is 1.87 bits per heavy atom. The summed E-state index contributed by atoms with van der Waals surface area (Å²) in [7, 11) is 1.74. The van der Waals surface area contributed by atoms with Crippen molar-refractivity contribution in [2.24, 2.45) is 5.41 Å². The molecule has 1 aliphatic carbocycles. The highest BCUT2D eigenvalue weighted by Gasteiger charge is 2.60. The van der Waals surface area contributed by atoms with Gasteiger partial charge in [0.2, 0.25) is 5.91 Å². The van der Waals surface area contributed by atoms with E-state index in [2.05, 4.69) is 0 Å². The van der Waals surface area contributed by atoms with Gasteiger partial charge in [-0.25, -0.2) is 0 Å². The van der Waals surface area contributed by atoms with Crippen molar-refractivity contribution in [1.82, 2.24) is 0 Å². The number of carbonyl (C=O) groups is 2. The number of hydrogen-bond acceptors (Lipinski definition) is 2. The molecule has 76 valence electrons. The number of Topliss-reactive ketones (excluding diaryl/α,β-unsaturated/α-hetero) is 1. The molecule has 1 aromatic rings. The molecular weight excluding hydrogens is 190 g/mol. The number of fused-ring (bicyclic) bond motifs is 1. The lowest BCUT2D eigenvalue weighted by atomic mass is 9.88. The highest BCUT2D eigenvalue weighted by molar-refractivity contribution is 6.26. The van der Waals surface area contributed by atoms with E-state index in [4.69, 9.17) is 0 Å². The van der Waals surface area contributed by atoms with E-state index in [0.29, 0.717) is 18.4 Å². The van der Waals surface area contributed by atoms with E-state index in [-0.39, 0.29) is 11.7 Å². The first-order chi connectivity index (χ1) is 7.17. The van der Waals surface area contributed by atoms with Crippen LogP contribution < -0.4 is 4.90 Å². The van der Waals surface area contributed by atoms with Gasteiger partial charge in [0.15, 0.2) is 5.78 Å². The van der Waals surface area contributed by atoms with Gasteiger partial charge in [0, 0.05) is 12.6 Å². The van der Waals surface area contributed by atoms with E-state index in [1.807, 2.05) is 18.2 Å². The molecule has 2 aliphatic rings. The predicted molar refractivity (Wildman–Crippen MR) is 55.8 cm³/mol. The Hall–Kier alpha value is -1.64. The van der Waals surface area contributed by atoms with Crippen molar-refractivity contribution >= 4 is 17.4 Å². The highest BCUT2D eigenvalue weighted by atomic mass is 16.2. The lowest BCUT2D eigenvalue weighted by molar-refractivity contribution is -0.122. The smallest absolute Gasteiger partial charge is 0.240 e. The summed E-state index contributed by atoms with van der Waals surface area (Å²) in [4.78, 5) is 25.7. The van der Waals surface area contributed by atoms with Gasteiger partial charge < -0.3 is 4.90 Å². The van der Waals surface area contributed by atoms with E-state index < -0.39 is 5.41 Å². The number of para-hydroxylation sites is 1. The number of nitrogens with zero attached hydrogens (tertiary/aromatic N) is 1. The van der Waals surface area contributed by atoms with Crippen LogP contribution in [0.5, 0.6) is 0 Å². The van der Waals surface area contributed by atoms with E-state index in [0.717, 1.165) is 5.69 Å². The summed E-state index contributed by atoms with van der Waals surface area (Å²) in [6, 6.07) is 7.32. The van der Waals surface area contributed by atoms with Gasteiger partial charge in [-0.05, 0) is 25.0 Å². The van der Waals surface area contributed by atoms with Gasteiger partial charge in [0.1, 0.15) is 5.41 Å². The van der Waals surface area contributed by atoms with E-state index in [1.165, 1.54) is 0 Å². The Balaban J connectivity index is 2.24. The number of carbonyl (C=O) groups excluding carboxylic acids is 2. The van der Waals surface area contributed by atoms with Gasteiger partial charge in [-0.15, -0.1) is 0 Å². The second-order valence-electron chi connectivity index (χ2n) is 4.29. The monoisotopic (exact) mass is 201 g/mol. The summed E-state index contributed by atoms with van der Waals surface area (Å²) in [5, 5.41) is 0. The second kappa shape index (κ2) is 2.48. The first-order valence-electron chi connectivity index (χ1n) is 5.09. The summed E-state index contributed by atoms with van der Waals surface area (Å²) >= 11 is 0. The van der Waals surface area contributed by atoms with Gasteiger partial charge >= 0.3 is 0 Å². The van der Waals surface area contributed by atoms with E-state index in [9.17, 15) is 9.59 Å². The maximum atomic E-state index is 12.1. The maximum absolute atomic E-state index is 12.1. The minimum absolute atomic E-state index is 0.0150. The van der Waals surface area contributed by atoms with Crippen molar-refractivity contribution < 1.29 is 9.59 Å². The summed E-state index contributed by atoms with van der Waals surface area (Å²) in [6.45, 7) is 0. The molecule has 3 heteroatoms. The summed E-state index contributed by atoms with van der Waals surface area (Å²) < 4.78 is 0. The van der Waals surface area contributed by atoms with Crippen LogP contribution in [0.3, 0.4) is 0 Å². The first kappa shape index (κ1) is 8.65. The molecule has 0 bridgehead atoms. The predicted octanol–water partition coefficient (Wildman–Crippen LogP) is 1.63. The topological polar surface area (TPSA) is 37.4 Å². The fourth-order valence-corrected chi connectivity index (χ4v) is 2.31. The fourth-order valence-electron chi connectivity index (χ4n) is 2.31. The molecule has 0 unspecified atom stereocenters. The normalized spacial score (nSPS) is 21.8. The Morgan fingerprint density at radius 1 is 1.20 bits per heavy atom. The zero-order valence-corrected chi connectivity index (χ0v) is 8.49. The average molecular weight is 201 g/mol. The molecule has 1 fully saturated rings. The van der Waals surface area contributed by atoms with Crippen molar-refractivity contribution in [3.63, 3.8) is 0 Å². The van der Waals surface area contributed by atoms with Crippen LogP contribution in [0.15, 0.2) is 24.3 Å². The van der Waals surface area contributed by atoms with Crippen LogP contribution in [0.1, 0.15) is 23.2 Å². The zero-order valence-electron chi connectivity index (χ0n) is 8.49. The second-order valence-corrected chi connectivity index (χ2v) is 4.29. The molecule has 3 rings (SSSR count). The zero-order chi connectivity index (χ0) is 10.6. The Kier molecular flexibility index (Phi) is 1.43. The van der Waals surface area contributed by atoms with Crippen LogP contribution in [0, 0.1) is 5.41 Å². The van der Waals surface area contributed by atoms with Crippen molar-refractivity contribution in [1.29, 1.82) is 0 Å². The van der Waals surface area contributed by atoms with Gasteiger partial charge in [-0.2, -0.15) is 0 Å². The molecule has 1 saturated carbocycles. The minimum Gasteiger partial charge on any atom is -0.314 e. The largest absolute Gasteiger partial charge is 0.314 e. The molecule has 1 amide bonds. The third-order valence-electron chi connectivity index (χ3n) is 3.41. The molecule has 15 heavy (non-hydrogen) atoms. The summed E-state index contributed by atoms with van der Waals surface area (Å²) in [6.07, 6.45) is 1.42. The Morgan fingerprint density at radius 3 is 2.53 bits per heavy atom. The third kappa shape index (κ3) is 0.902. The molecule has 1 heterocycles. The highest BCUT2D eigenvalue weighted by Crippen LogP contribution is 2.53. The van der Waals surface area contributed by atoms with Crippen LogP contribution >= 0.6 is 0 Å². The lowest BCUT2D eigenvalue weighted by Gasteiger charge is -2.30. The SMILES string of the molecule is CN1C(=O)C2(CC2)C(=O)c2ccccc21. The molecule has 1 aliphatic heterocycles. The van der Waals surface area contributed by atoms with Crippen molar-refractivity contribution in [3.05, 3.63) is 29.8 Å². The Labute approximate surface area is 87.7 Å². The van der Waals surface area contributed by atoms with Crippen molar-refractivity contribution in [3.8, 4) is 0 Å². The standard InChI is InChI=1S/C12H11NO2/c1-13-9-5-3-2-4-8(9)10(14)12(6-7-12)11(13)15/h2-5H,6-7H2,1H3. The lowest BCUT2D eigenvalue weighted by Crippen LogP contribution is -2.43. The maximum Gasteiger partial charge on any atom is 0.240 e. The molecule has 0 aromatic heterocycles. The fraction of sp³-hybridized carbons (Fsp3) is 0.333. The van der Waals surface area contributed by atoms with Gasteiger partial charge in [-0.1, -0.05) is 12.1 Å². The number of rotatable bonds is 0. The molecule has 0 N–H and O–H groups in total. The number of anilines is 1. The van der Waals surface area contributed by atoms with Gasteiger partial charge in [-0.3, -0.25) is 9.59 Å².